The Labute approximate surface area is 194 Å². The van der Waals surface area contributed by atoms with Crippen LogP contribution in [0.1, 0.15) is 53.7 Å². The van der Waals surface area contributed by atoms with E-state index in [1.807, 2.05) is 0 Å². The van der Waals surface area contributed by atoms with E-state index in [2.05, 4.69) is 40.8 Å². The topological polar surface area (TPSA) is 104 Å². The summed E-state index contributed by atoms with van der Waals surface area (Å²) in [6.07, 6.45) is 8.98. The number of piperidine rings is 1. The van der Waals surface area contributed by atoms with Crippen molar-refractivity contribution in [3.8, 4) is 0 Å². The lowest BCUT2D eigenvalue weighted by molar-refractivity contribution is 0.0850. The van der Waals surface area contributed by atoms with Crippen molar-refractivity contribution in [2.75, 3.05) is 18.4 Å². The molecule has 4 heterocycles. The van der Waals surface area contributed by atoms with Crippen molar-refractivity contribution >= 4 is 11.8 Å². The lowest BCUT2D eigenvalue weighted by Crippen LogP contribution is -2.37. The van der Waals surface area contributed by atoms with Crippen LogP contribution in [-0.2, 0) is 17.7 Å². The molecular weight excluding hydrogens is 442 g/mol. The highest BCUT2D eigenvalue weighted by molar-refractivity contribution is 5.83. The number of fused-ring (bicyclic) bond motifs is 1. The van der Waals surface area contributed by atoms with E-state index < -0.39 is 11.6 Å². The van der Waals surface area contributed by atoms with Gasteiger partial charge < -0.3 is 15.1 Å². The molecule has 6 rings (SSSR count). The second-order valence-corrected chi connectivity index (χ2v) is 9.09. The molecular formula is C23H24F2N8O. The van der Waals surface area contributed by atoms with E-state index in [1.54, 1.807) is 18.6 Å². The summed E-state index contributed by atoms with van der Waals surface area (Å²) >= 11 is 0. The molecule has 1 fully saturated rings. The van der Waals surface area contributed by atoms with Crippen molar-refractivity contribution in [2.24, 2.45) is 5.16 Å². The predicted molar refractivity (Wildman–Crippen MR) is 119 cm³/mol. The standard InChI is InChI=1S/C23H24F2N8O/c24-18-7-14-5-17(6-15(14)8-19(18)25)29-23-26-10-16(11-27-23)21-9-22(31-34-21)33-3-1-13(2-4-33)20-12-28-32-30-20/h7-8,10-13,17,21H,1-6,9H2,(H,26,27,29)(H,28,30,32). The van der Waals surface area contributed by atoms with E-state index in [-0.39, 0.29) is 12.1 Å². The molecule has 1 aliphatic carbocycles. The summed E-state index contributed by atoms with van der Waals surface area (Å²) in [5.74, 6) is 0.244. The average Bonchev–Trinajstić information content (AvgIpc) is 3.61. The first kappa shape index (κ1) is 20.9. The van der Waals surface area contributed by atoms with Crippen LogP contribution in [0.3, 0.4) is 0 Å². The van der Waals surface area contributed by atoms with Gasteiger partial charge in [-0.2, -0.15) is 15.4 Å². The number of H-pyrrole nitrogens is 1. The Bertz CT molecular complexity index is 1160. The van der Waals surface area contributed by atoms with E-state index in [0.717, 1.165) is 54.2 Å². The van der Waals surface area contributed by atoms with Crippen molar-refractivity contribution in [1.29, 1.82) is 0 Å². The zero-order chi connectivity index (χ0) is 23.1. The highest BCUT2D eigenvalue weighted by atomic mass is 19.2. The van der Waals surface area contributed by atoms with Gasteiger partial charge in [-0.05, 0) is 48.9 Å². The third-order valence-corrected chi connectivity index (χ3v) is 6.92. The minimum atomic E-state index is -0.808. The fourth-order valence-corrected chi connectivity index (χ4v) is 5.05. The quantitative estimate of drug-likeness (QED) is 0.609. The van der Waals surface area contributed by atoms with Crippen LogP contribution in [0, 0.1) is 11.6 Å². The van der Waals surface area contributed by atoms with Crippen molar-refractivity contribution < 1.29 is 13.6 Å². The number of anilines is 1. The average molecular weight is 466 g/mol. The number of nitrogens with one attached hydrogen (secondary N) is 2. The second kappa shape index (κ2) is 8.62. The Morgan fingerprint density at radius 1 is 0.971 bits per heavy atom. The number of nitrogens with zero attached hydrogens (tertiary/aromatic N) is 6. The van der Waals surface area contributed by atoms with Crippen LogP contribution in [0.25, 0.3) is 0 Å². The van der Waals surface area contributed by atoms with Gasteiger partial charge in [0.2, 0.25) is 5.95 Å². The molecule has 0 saturated carbocycles. The number of likely N-dealkylation sites (tertiary alicyclic amines) is 1. The largest absolute Gasteiger partial charge is 0.386 e. The van der Waals surface area contributed by atoms with Crippen LogP contribution in [0.4, 0.5) is 14.7 Å². The van der Waals surface area contributed by atoms with Gasteiger partial charge in [0.15, 0.2) is 17.7 Å². The van der Waals surface area contributed by atoms with Gasteiger partial charge in [-0.3, -0.25) is 0 Å². The molecule has 2 aliphatic heterocycles. The first-order valence-corrected chi connectivity index (χ1v) is 11.5. The Morgan fingerprint density at radius 2 is 1.68 bits per heavy atom. The SMILES string of the molecule is Fc1cc2c(cc1F)CC(Nc1ncc(C3CC(N4CCC(c5cn[nH]n5)CC4)=NO3)cn1)C2. The number of hydrogen-bond donors (Lipinski definition) is 2. The predicted octanol–water partition coefficient (Wildman–Crippen LogP) is 3.11. The maximum absolute atomic E-state index is 13.5. The van der Waals surface area contributed by atoms with Crippen molar-refractivity contribution in [3.63, 3.8) is 0 Å². The maximum atomic E-state index is 13.5. The number of halogens is 2. The number of aromatic amines is 1. The molecule has 1 atom stereocenters. The molecule has 1 unspecified atom stereocenters. The smallest absolute Gasteiger partial charge is 0.222 e. The van der Waals surface area contributed by atoms with Gasteiger partial charge >= 0.3 is 0 Å². The Morgan fingerprint density at radius 3 is 2.32 bits per heavy atom. The van der Waals surface area contributed by atoms with Gasteiger partial charge in [0.05, 0.1) is 18.3 Å². The number of oxime groups is 1. The van der Waals surface area contributed by atoms with Crippen LogP contribution in [0.15, 0.2) is 35.9 Å². The van der Waals surface area contributed by atoms with E-state index in [4.69, 9.17) is 4.84 Å². The summed E-state index contributed by atoms with van der Waals surface area (Å²) < 4.78 is 27.0. The molecule has 1 saturated heterocycles. The van der Waals surface area contributed by atoms with Crippen LogP contribution < -0.4 is 5.32 Å². The molecule has 34 heavy (non-hydrogen) atoms. The third kappa shape index (κ3) is 4.06. The summed E-state index contributed by atoms with van der Waals surface area (Å²) in [7, 11) is 0. The van der Waals surface area contributed by atoms with Gasteiger partial charge in [0, 0.05) is 43.0 Å². The van der Waals surface area contributed by atoms with E-state index in [9.17, 15) is 8.78 Å². The first-order chi connectivity index (χ1) is 16.6. The molecule has 11 heteroatoms. The van der Waals surface area contributed by atoms with E-state index >= 15 is 0 Å². The molecule has 0 spiro atoms. The van der Waals surface area contributed by atoms with Crippen LogP contribution in [0.2, 0.25) is 0 Å². The minimum Gasteiger partial charge on any atom is -0.386 e. The first-order valence-electron chi connectivity index (χ1n) is 11.5. The van der Waals surface area contributed by atoms with E-state index in [1.165, 1.54) is 12.1 Å². The summed E-state index contributed by atoms with van der Waals surface area (Å²) in [5, 5.41) is 18.4. The van der Waals surface area contributed by atoms with Gasteiger partial charge in [0.1, 0.15) is 5.84 Å². The number of amidine groups is 1. The molecule has 1 aromatic carbocycles. The zero-order valence-corrected chi connectivity index (χ0v) is 18.4. The lowest BCUT2D eigenvalue weighted by atomic mass is 9.93. The molecule has 0 amide bonds. The third-order valence-electron chi connectivity index (χ3n) is 6.92. The highest BCUT2D eigenvalue weighted by Crippen LogP contribution is 2.32. The van der Waals surface area contributed by atoms with Crippen molar-refractivity contribution in [1.82, 2.24) is 30.3 Å². The molecule has 9 nitrogen and oxygen atoms in total. The zero-order valence-electron chi connectivity index (χ0n) is 18.4. The Kier molecular flexibility index (Phi) is 5.31. The summed E-state index contributed by atoms with van der Waals surface area (Å²) in [6.45, 7) is 1.81. The maximum Gasteiger partial charge on any atom is 0.222 e. The van der Waals surface area contributed by atoms with Crippen molar-refractivity contribution in [2.45, 2.75) is 50.2 Å². The number of benzene rings is 1. The van der Waals surface area contributed by atoms with E-state index in [0.29, 0.717) is 31.1 Å². The molecule has 0 bridgehead atoms. The molecule has 3 aromatic rings. The number of hydrogen-bond acceptors (Lipinski definition) is 8. The summed E-state index contributed by atoms with van der Waals surface area (Å²) in [6, 6.07) is 2.56. The molecule has 0 radical (unpaired) electrons. The monoisotopic (exact) mass is 466 g/mol. The van der Waals surface area contributed by atoms with Gasteiger partial charge in [-0.25, -0.2) is 18.7 Å². The Hall–Kier alpha value is -3.63. The number of aromatic nitrogens is 5. The van der Waals surface area contributed by atoms with Crippen LogP contribution in [0.5, 0.6) is 0 Å². The van der Waals surface area contributed by atoms with Crippen molar-refractivity contribution in [3.05, 3.63) is 64.7 Å². The lowest BCUT2D eigenvalue weighted by Gasteiger charge is -2.31. The minimum absolute atomic E-state index is 0.0000988. The summed E-state index contributed by atoms with van der Waals surface area (Å²) in [4.78, 5) is 16.8. The van der Waals surface area contributed by atoms with Gasteiger partial charge in [-0.1, -0.05) is 5.16 Å². The van der Waals surface area contributed by atoms with Gasteiger partial charge in [-0.15, -0.1) is 0 Å². The Balaban J connectivity index is 1.02. The highest BCUT2D eigenvalue weighted by Gasteiger charge is 2.31. The number of rotatable bonds is 4. The second-order valence-electron chi connectivity index (χ2n) is 9.09. The molecule has 2 N–H and O–H groups in total. The fourth-order valence-electron chi connectivity index (χ4n) is 5.05. The molecule has 176 valence electrons. The molecule has 3 aliphatic rings. The summed E-state index contributed by atoms with van der Waals surface area (Å²) in [5.41, 5.74) is 3.53. The van der Waals surface area contributed by atoms with Gasteiger partial charge in [0.25, 0.3) is 0 Å². The van der Waals surface area contributed by atoms with Crippen LogP contribution >= 0.6 is 0 Å². The van der Waals surface area contributed by atoms with Crippen LogP contribution in [-0.4, -0.2) is 55.2 Å². The molecule has 2 aromatic heterocycles. The normalized spacial score (nSPS) is 20.8. The fraction of sp³-hybridized carbons (Fsp3) is 0.435.